The largest absolute Gasteiger partial charge is 0.298 e. The quantitative estimate of drug-likeness (QED) is 0.323. The van der Waals surface area contributed by atoms with Gasteiger partial charge in [-0.15, -0.1) is 0 Å². The molecule has 0 saturated heterocycles. The van der Waals surface area contributed by atoms with E-state index in [1.165, 1.54) is 39.9 Å². The van der Waals surface area contributed by atoms with Gasteiger partial charge < -0.3 is 0 Å². The number of carbonyl (C=O) groups excluding carboxylic acids is 1. The summed E-state index contributed by atoms with van der Waals surface area (Å²) < 4.78 is 29.0. The molecule has 0 radical (unpaired) electrons. The summed E-state index contributed by atoms with van der Waals surface area (Å²) in [6.07, 6.45) is 0. The van der Waals surface area contributed by atoms with Crippen LogP contribution in [-0.4, -0.2) is 29.7 Å². The van der Waals surface area contributed by atoms with E-state index < -0.39 is 10.0 Å². The topological polar surface area (TPSA) is 79.4 Å². The van der Waals surface area contributed by atoms with E-state index in [-0.39, 0.29) is 23.4 Å². The average molecular weight is 514 g/mol. The van der Waals surface area contributed by atoms with Crippen LogP contribution in [0.4, 0.5) is 5.13 Å². The number of aryl methyl sites for hydroxylation is 1. The van der Waals surface area contributed by atoms with Crippen LogP contribution in [0.2, 0.25) is 5.02 Å². The van der Waals surface area contributed by atoms with Gasteiger partial charge in [0.05, 0.1) is 15.1 Å². The van der Waals surface area contributed by atoms with E-state index >= 15 is 0 Å². The lowest BCUT2D eigenvalue weighted by Gasteiger charge is -2.26. The van der Waals surface area contributed by atoms with Gasteiger partial charge in [0.2, 0.25) is 10.0 Å². The smallest absolute Gasteiger partial charge is 0.257 e. The number of thiazole rings is 1. The molecule has 0 aliphatic carbocycles. The summed E-state index contributed by atoms with van der Waals surface area (Å²) in [6.45, 7) is 5.84. The van der Waals surface area contributed by atoms with Gasteiger partial charge in [0, 0.05) is 23.2 Å². The monoisotopic (exact) mass is 513 g/mol. The molecule has 34 heavy (non-hydrogen) atoms. The zero-order valence-corrected chi connectivity index (χ0v) is 21.3. The van der Waals surface area contributed by atoms with E-state index in [4.69, 9.17) is 11.6 Å². The normalized spacial score (nSPS) is 11.9. The molecule has 0 atom stereocenters. The predicted octanol–water partition coefficient (Wildman–Crippen LogP) is 6.11. The molecular formula is C25H24ClN3O3S2. The van der Waals surface area contributed by atoms with Gasteiger partial charge in [-0.2, -0.15) is 4.31 Å². The Balaban J connectivity index is 1.53. The first-order valence-electron chi connectivity index (χ1n) is 10.7. The maximum atomic E-state index is 13.3. The van der Waals surface area contributed by atoms with Crippen molar-refractivity contribution in [1.29, 1.82) is 0 Å². The van der Waals surface area contributed by atoms with Crippen LogP contribution in [0.5, 0.6) is 0 Å². The van der Waals surface area contributed by atoms with Gasteiger partial charge in [0.25, 0.3) is 5.91 Å². The van der Waals surface area contributed by atoms with Crippen molar-refractivity contribution in [2.75, 3.05) is 5.32 Å². The van der Waals surface area contributed by atoms with E-state index in [0.717, 1.165) is 21.3 Å². The third-order valence-electron chi connectivity index (χ3n) is 5.45. The van der Waals surface area contributed by atoms with Crippen LogP contribution in [0.25, 0.3) is 10.2 Å². The van der Waals surface area contributed by atoms with Gasteiger partial charge in [-0.3, -0.25) is 10.1 Å². The fourth-order valence-electron chi connectivity index (χ4n) is 3.55. The number of amides is 1. The maximum Gasteiger partial charge on any atom is 0.257 e. The highest BCUT2D eigenvalue weighted by molar-refractivity contribution is 7.89. The van der Waals surface area contributed by atoms with Crippen molar-refractivity contribution in [2.45, 2.75) is 38.3 Å². The fourth-order valence-corrected chi connectivity index (χ4v) is 6.24. The van der Waals surface area contributed by atoms with Crippen molar-refractivity contribution in [3.8, 4) is 0 Å². The number of benzene rings is 3. The molecule has 0 fully saturated rings. The van der Waals surface area contributed by atoms with Gasteiger partial charge >= 0.3 is 0 Å². The second-order valence-corrected chi connectivity index (χ2v) is 11.5. The van der Waals surface area contributed by atoms with Crippen molar-refractivity contribution < 1.29 is 13.2 Å². The van der Waals surface area contributed by atoms with Gasteiger partial charge in [-0.1, -0.05) is 53.3 Å². The van der Waals surface area contributed by atoms with E-state index in [1.807, 2.05) is 57.2 Å². The highest BCUT2D eigenvalue weighted by Gasteiger charge is 2.27. The number of nitrogens with one attached hydrogen (secondary N) is 1. The van der Waals surface area contributed by atoms with Crippen molar-refractivity contribution in [3.63, 3.8) is 0 Å². The number of carbonyl (C=O) groups is 1. The van der Waals surface area contributed by atoms with Crippen LogP contribution >= 0.6 is 22.9 Å². The Labute approximate surface area is 208 Å². The van der Waals surface area contributed by atoms with E-state index in [1.54, 1.807) is 6.07 Å². The standard InChI is InChI=1S/C25H24ClN3O3S2/c1-16(2)29(15-18-7-5-4-6-8-18)34(31,32)20-11-9-19(10-12-20)24(30)28-25-27-23-17(3)21(26)13-14-22(23)33-25/h4-14,16H,15H2,1-3H3,(H,27,28,30). The van der Waals surface area contributed by atoms with Crippen LogP contribution in [0.1, 0.15) is 35.3 Å². The van der Waals surface area contributed by atoms with E-state index in [9.17, 15) is 13.2 Å². The minimum atomic E-state index is -3.75. The van der Waals surface area contributed by atoms with Crippen LogP contribution in [0.15, 0.2) is 71.6 Å². The number of anilines is 1. The first-order chi connectivity index (χ1) is 16.2. The van der Waals surface area contributed by atoms with Gasteiger partial charge in [0.15, 0.2) is 5.13 Å². The van der Waals surface area contributed by atoms with Gasteiger partial charge in [-0.05, 0) is 68.3 Å². The Morgan fingerprint density at radius 1 is 1.06 bits per heavy atom. The SMILES string of the molecule is Cc1c(Cl)ccc2sc(NC(=O)c3ccc(S(=O)(=O)N(Cc4ccccc4)C(C)C)cc3)nc12. The highest BCUT2D eigenvalue weighted by atomic mass is 35.5. The van der Waals surface area contributed by atoms with Crippen LogP contribution in [-0.2, 0) is 16.6 Å². The number of hydrogen-bond donors (Lipinski definition) is 1. The highest BCUT2D eigenvalue weighted by Crippen LogP contribution is 2.32. The summed E-state index contributed by atoms with van der Waals surface area (Å²) >= 11 is 7.52. The molecule has 4 rings (SSSR count). The maximum absolute atomic E-state index is 13.3. The fraction of sp³-hybridized carbons (Fsp3) is 0.200. The number of nitrogens with zero attached hydrogens (tertiary/aromatic N) is 2. The molecule has 176 valence electrons. The number of rotatable bonds is 7. The van der Waals surface area contributed by atoms with Crippen molar-refractivity contribution in [2.24, 2.45) is 0 Å². The molecule has 1 heterocycles. The molecule has 0 spiro atoms. The van der Waals surface area contributed by atoms with Crippen LogP contribution in [0.3, 0.4) is 0 Å². The summed E-state index contributed by atoms with van der Waals surface area (Å²) in [5.74, 6) is -0.364. The van der Waals surface area contributed by atoms with Gasteiger partial charge in [-0.25, -0.2) is 13.4 Å². The second-order valence-electron chi connectivity index (χ2n) is 8.15. The Bertz CT molecular complexity index is 1430. The molecule has 3 aromatic carbocycles. The zero-order chi connectivity index (χ0) is 24.5. The first kappa shape index (κ1) is 24.3. The third kappa shape index (κ3) is 5.00. The minimum absolute atomic E-state index is 0.138. The Hall–Kier alpha value is -2.78. The Morgan fingerprint density at radius 2 is 1.74 bits per heavy atom. The summed E-state index contributed by atoms with van der Waals surface area (Å²) in [7, 11) is -3.75. The number of aromatic nitrogens is 1. The van der Waals surface area contributed by atoms with Crippen LogP contribution in [0, 0.1) is 6.92 Å². The lowest BCUT2D eigenvalue weighted by atomic mass is 10.2. The van der Waals surface area contributed by atoms with E-state index in [2.05, 4.69) is 10.3 Å². The zero-order valence-electron chi connectivity index (χ0n) is 18.9. The molecular weight excluding hydrogens is 490 g/mol. The van der Waals surface area contributed by atoms with Gasteiger partial charge in [0.1, 0.15) is 0 Å². The molecule has 0 aliphatic rings. The summed E-state index contributed by atoms with van der Waals surface area (Å²) in [4.78, 5) is 17.4. The molecule has 6 nitrogen and oxygen atoms in total. The van der Waals surface area contributed by atoms with Crippen molar-refractivity contribution >= 4 is 54.2 Å². The predicted molar refractivity (Wildman–Crippen MR) is 138 cm³/mol. The molecule has 1 N–H and O–H groups in total. The lowest BCUT2D eigenvalue weighted by Crippen LogP contribution is -2.36. The van der Waals surface area contributed by atoms with Crippen LogP contribution < -0.4 is 5.32 Å². The Morgan fingerprint density at radius 3 is 2.38 bits per heavy atom. The average Bonchev–Trinajstić information content (AvgIpc) is 3.23. The summed E-state index contributed by atoms with van der Waals surface area (Å²) in [5, 5.41) is 3.87. The van der Waals surface area contributed by atoms with Crippen molar-refractivity contribution in [3.05, 3.63) is 88.4 Å². The lowest BCUT2D eigenvalue weighted by molar-refractivity contribution is 0.102. The number of sulfonamides is 1. The number of hydrogen-bond acceptors (Lipinski definition) is 5. The molecule has 4 aromatic rings. The molecule has 0 unspecified atom stereocenters. The third-order valence-corrected chi connectivity index (χ3v) is 8.83. The molecule has 1 aromatic heterocycles. The summed E-state index contributed by atoms with van der Waals surface area (Å²) in [6, 6.07) is 18.9. The van der Waals surface area contributed by atoms with E-state index in [0.29, 0.717) is 15.7 Å². The molecule has 9 heteroatoms. The first-order valence-corrected chi connectivity index (χ1v) is 13.3. The molecule has 0 saturated carbocycles. The van der Waals surface area contributed by atoms with Crippen molar-refractivity contribution in [1.82, 2.24) is 9.29 Å². The Kier molecular flexibility index (Phi) is 7.04. The number of fused-ring (bicyclic) bond motifs is 1. The summed E-state index contributed by atoms with van der Waals surface area (Å²) in [5.41, 5.74) is 2.85. The molecule has 0 bridgehead atoms. The molecule has 0 aliphatic heterocycles. The molecule has 1 amide bonds. The minimum Gasteiger partial charge on any atom is -0.298 e. The second kappa shape index (κ2) is 9.84. The number of halogens is 1.